The molecule has 1 aromatic carbocycles. The minimum absolute atomic E-state index is 0.657. The Kier molecular flexibility index (Phi) is 2.57. The van der Waals surface area contributed by atoms with Gasteiger partial charge >= 0.3 is 0 Å². The maximum absolute atomic E-state index is 10.2. The SMILES string of the molecule is Cc1cccc(C2(O)CCCCO2)c1. The molecule has 0 amide bonds. The van der Waals surface area contributed by atoms with Crippen molar-refractivity contribution in [1.29, 1.82) is 0 Å². The molecule has 1 aliphatic heterocycles. The Morgan fingerprint density at radius 1 is 1.36 bits per heavy atom. The van der Waals surface area contributed by atoms with E-state index in [1.165, 1.54) is 0 Å². The number of rotatable bonds is 1. The van der Waals surface area contributed by atoms with E-state index in [4.69, 9.17) is 4.74 Å². The number of aryl methyl sites for hydroxylation is 1. The van der Waals surface area contributed by atoms with Crippen LogP contribution in [0.2, 0.25) is 0 Å². The van der Waals surface area contributed by atoms with Gasteiger partial charge in [-0.1, -0.05) is 29.8 Å². The van der Waals surface area contributed by atoms with Crippen molar-refractivity contribution >= 4 is 0 Å². The molecule has 0 spiro atoms. The second-order valence-corrected chi connectivity index (χ2v) is 3.96. The maximum Gasteiger partial charge on any atom is 0.192 e. The topological polar surface area (TPSA) is 29.5 Å². The van der Waals surface area contributed by atoms with E-state index in [2.05, 4.69) is 0 Å². The Morgan fingerprint density at radius 2 is 2.21 bits per heavy atom. The summed E-state index contributed by atoms with van der Waals surface area (Å²) in [5, 5.41) is 10.2. The molecule has 1 N–H and O–H groups in total. The van der Waals surface area contributed by atoms with Gasteiger partial charge in [-0.3, -0.25) is 0 Å². The van der Waals surface area contributed by atoms with Gasteiger partial charge in [0.1, 0.15) is 0 Å². The molecule has 1 aliphatic rings. The zero-order valence-electron chi connectivity index (χ0n) is 8.49. The van der Waals surface area contributed by atoms with Crippen LogP contribution in [0.1, 0.15) is 30.4 Å². The molecule has 1 heterocycles. The van der Waals surface area contributed by atoms with Crippen LogP contribution in [0.15, 0.2) is 24.3 Å². The van der Waals surface area contributed by atoms with Crippen LogP contribution in [0.4, 0.5) is 0 Å². The summed E-state index contributed by atoms with van der Waals surface area (Å²) >= 11 is 0. The van der Waals surface area contributed by atoms with Crippen LogP contribution < -0.4 is 0 Å². The Labute approximate surface area is 84.5 Å². The molecule has 2 rings (SSSR count). The zero-order valence-corrected chi connectivity index (χ0v) is 8.49. The Hall–Kier alpha value is -0.860. The van der Waals surface area contributed by atoms with Crippen LogP contribution in [-0.2, 0) is 10.5 Å². The first-order valence-electron chi connectivity index (χ1n) is 5.14. The van der Waals surface area contributed by atoms with Crippen molar-refractivity contribution in [2.24, 2.45) is 0 Å². The summed E-state index contributed by atoms with van der Waals surface area (Å²) in [6.07, 6.45) is 2.79. The van der Waals surface area contributed by atoms with Crippen molar-refractivity contribution < 1.29 is 9.84 Å². The van der Waals surface area contributed by atoms with Gasteiger partial charge in [-0.05, 0) is 19.8 Å². The Bertz CT molecular complexity index is 314. The normalized spacial score (nSPS) is 27.6. The lowest BCUT2D eigenvalue weighted by Crippen LogP contribution is -2.33. The van der Waals surface area contributed by atoms with Crippen LogP contribution in [0.25, 0.3) is 0 Å². The van der Waals surface area contributed by atoms with Gasteiger partial charge in [0.15, 0.2) is 5.79 Å². The predicted molar refractivity (Wildman–Crippen MR) is 54.9 cm³/mol. The minimum atomic E-state index is -1.04. The van der Waals surface area contributed by atoms with Crippen molar-refractivity contribution in [3.8, 4) is 0 Å². The van der Waals surface area contributed by atoms with E-state index in [0.29, 0.717) is 13.0 Å². The molecular formula is C12H16O2. The van der Waals surface area contributed by atoms with Gasteiger partial charge in [-0.2, -0.15) is 0 Å². The Balaban J connectivity index is 2.28. The summed E-state index contributed by atoms with van der Waals surface area (Å²) in [5.74, 6) is -1.04. The molecule has 0 saturated carbocycles. The van der Waals surface area contributed by atoms with Gasteiger partial charge in [-0.15, -0.1) is 0 Å². The summed E-state index contributed by atoms with van der Waals surface area (Å²) in [7, 11) is 0. The molecule has 2 heteroatoms. The third kappa shape index (κ3) is 1.81. The van der Waals surface area contributed by atoms with E-state index in [9.17, 15) is 5.11 Å². The van der Waals surface area contributed by atoms with Gasteiger partial charge in [0, 0.05) is 12.0 Å². The number of ether oxygens (including phenoxy) is 1. The molecule has 0 bridgehead atoms. The molecule has 1 unspecified atom stereocenters. The smallest absolute Gasteiger partial charge is 0.192 e. The zero-order chi connectivity index (χ0) is 10.0. The lowest BCUT2D eigenvalue weighted by Gasteiger charge is -2.32. The highest BCUT2D eigenvalue weighted by molar-refractivity contribution is 5.26. The average molecular weight is 192 g/mol. The summed E-state index contributed by atoms with van der Waals surface area (Å²) in [4.78, 5) is 0. The van der Waals surface area contributed by atoms with Crippen molar-refractivity contribution in [1.82, 2.24) is 0 Å². The molecule has 14 heavy (non-hydrogen) atoms. The molecule has 1 aromatic rings. The molecule has 0 aliphatic carbocycles. The fourth-order valence-electron chi connectivity index (χ4n) is 1.90. The highest BCUT2D eigenvalue weighted by Crippen LogP contribution is 2.32. The van der Waals surface area contributed by atoms with Crippen LogP contribution in [0.3, 0.4) is 0 Å². The van der Waals surface area contributed by atoms with Gasteiger partial charge in [-0.25, -0.2) is 0 Å². The fourth-order valence-corrected chi connectivity index (χ4v) is 1.90. The molecule has 0 aromatic heterocycles. The van der Waals surface area contributed by atoms with E-state index >= 15 is 0 Å². The van der Waals surface area contributed by atoms with E-state index in [1.807, 2.05) is 31.2 Å². The minimum Gasteiger partial charge on any atom is -0.362 e. The lowest BCUT2D eigenvalue weighted by molar-refractivity contribution is -0.233. The van der Waals surface area contributed by atoms with E-state index < -0.39 is 5.79 Å². The number of hydrogen-bond donors (Lipinski definition) is 1. The highest BCUT2D eigenvalue weighted by atomic mass is 16.6. The van der Waals surface area contributed by atoms with Crippen molar-refractivity contribution in [2.45, 2.75) is 32.0 Å². The first kappa shape index (κ1) is 9.69. The van der Waals surface area contributed by atoms with Gasteiger partial charge in [0.25, 0.3) is 0 Å². The van der Waals surface area contributed by atoms with E-state index in [0.717, 1.165) is 24.0 Å². The monoisotopic (exact) mass is 192 g/mol. The quantitative estimate of drug-likeness (QED) is 0.740. The molecule has 1 fully saturated rings. The van der Waals surface area contributed by atoms with E-state index in [-0.39, 0.29) is 0 Å². The van der Waals surface area contributed by atoms with Crippen LogP contribution >= 0.6 is 0 Å². The number of benzene rings is 1. The second-order valence-electron chi connectivity index (χ2n) is 3.96. The van der Waals surface area contributed by atoms with Crippen LogP contribution in [0.5, 0.6) is 0 Å². The first-order chi connectivity index (χ1) is 6.71. The van der Waals surface area contributed by atoms with E-state index in [1.54, 1.807) is 0 Å². The summed E-state index contributed by atoms with van der Waals surface area (Å²) in [5.41, 5.74) is 2.04. The number of hydrogen-bond acceptors (Lipinski definition) is 2. The van der Waals surface area contributed by atoms with Gasteiger partial charge in [0.2, 0.25) is 0 Å². The van der Waals surface area contributed by atoms with Crippen LogP contribution in [-0.4, -0.2) is 11.7 Å². The molecule has 0 radical (unpaired) electrons. The highest BCUT2D eigenvalue weighted by Gasteiger charge is 2.32. The summed E-state index contributed by atoms with van der Waals surface area (Å²) < 4.78 is 5.46. The Morgan fingerprint density at radius 3 is 2.86 bits per heavy atom. The predicted octanol–water partition coefficient (Wildman–Crippen LogP) is 2.34. The molecular weight excluding hydrogens is 176 g/mol. The van der Waals surface area contributed by atoms with Gasteiger partial charge in [0.05, 0.1) is 6.61 Å². The van der Waals surface area contributed by atoms with Crippen LogP contribution in [0, 0.1) is 6.92 Å². The summed E-state index contributed by atoms with van der Waals surface area (Å²) in [6.45, 7) is 2.68. The van der Waals surface area contributed by atoms with Gasteiger partial charge < -0.3 is 9.84 Å². The fraction of sp³-hybridized carbons (Fsp3) is 0.500. The third-order valence-corrected chi connectivity index (χ3v) is 2.72. The lowest BCUT2D eigenvalue weighted by atomic mass is 9.96. The summed E-state index contributed by atoms with van der Waals surface area (Å²) in [6, 6.07) is 7.90. The second kappa shape index (κ2) is 3.71. The maximum atomic E-state index is 10.2. The van der Waals surface area contributed by atoms with Crippen molar-refractivity contribution in [3.63, 3.8) is 0 Å². The molecule has 76 valence electrons. The number of aliphatic hydroxyl groups is 1. The first-order valence-corrected chi connectivity index (χ1v) is 5.14. The van der Waals surface area contributed by atoms with Crippen molar-refractivity contribution in [3.05, 3.63) is 35.4 Å². The molecule has 2 nitrogen and oxygen atoms in total. The third-order valence-electron chi connectivity index (χ3n) is 2.72. The average Bonchev–Trinajstić information content (AvgIpc) is 2.19. The van der Waals surface area contributed by atoms with Crippen molar-refractivity contribution in [2.75, 3.05) is 6.61 Å². The largest absolute Gasteiger partial charge is 0.362 e. The standard InChI is InChI=1S/C12H16O2/c1-10-5-4-6-11(9-10)12(13)7-2-3-8-14-12/h4-6,9,13H,2-3,7-8H2,1H3. The molecule has 1 atom stereocenters. The molecule has 1 saturated heterocycles.